The molecule has 0 saturated heterocycles. The molecule has 21 heavy (non-hydrogen) atoms. The monoisotopic (exact) mass is 304 g/mol. The van der Waals surface area contributed by atoms with Crippen LogP contribution in [0.5, 0.6) is 0 Å². The van der Waals surface area contributed by atoms with Crippen LogP contribution in [-0.2, 0) is 0 Å². The lowest BCUT2D eigenvalue weighted by Gasteiger charge is -2.14. The average molecular weight is 305 g/mol. The Balaban J connectivity index is 2.24. The summed E-state index contributed by atoms with van der Waals surface area (Å²) in [5, 5.41) is 6.00. The molecule has 1 aromatic carbocycles. The molecule has 0 atom stereocenters. The number of pyridine rings is 1. The summed E-state index contributed by atoms with van der Waals surface area (Å²) >= 11 is 6.04. The molecule has 1 amide bonds. The second kappa shape index (κ2) is 6.45. The molecule has 6 heteroatoms. The normalized spacial score (nSPS) is 10.1. The Bertz CT molecular complexity index is 658. The van der Waals surface area contributed by atoms with Crippen LogP contribution in [0.2, 0.25) is 5.02 Å². The van der Waals surface area contributed by atoms with Gasteiger partial charge in [0.25, 0.3) is 5.91 Å². The van der Waals surface area contributed by atoms with E-state index in [1.54, 1.807) is 19.2 Å². The smallest absolute Gasteiger partial charge is 0.275 e. The molecule has 2 N–H and O–H groups in total. The fourth-order valence-electron chi connectivity index (χ4n) is 1.79. The molecule has 0 fully saturated rings. The number of nitrogens with one attached hydrogen (secondary N) is 2. The van der Waals surface area contributed by atoms with Crippen LogP contribution in [0.4, 0.5) is 17.2 Å². The molecule has 0 aliphatic rings. The highest BCUT2D eigenvalue weighted by Gasteiger charge is 2.13. The van der Waals surface area contributed by atoms with E-state index in [4.69, 9.17) is 11.6 Å². The summed E-state index contributed by atoms with van der Waals surface area (Å²) in [4.78, 5) is 18.4. The molecule has 2 aromatic rings. The van der Waals surface area contributed by atoms with Crippen molar-refractivity contribution in [2.45, 2.75) is 0 Å². The second-order valence-corrected chi connectivity index (χ2v) is 5.08. The predicted molar refractivity (Wildman–Crippen MR) is 87.5 cm³/mol. The standard InChI is InChI=1S/C15H17ClN4O/c1-17-13-8-7-12(16)14(19-13)15(21)18-10-5-4-6-11(9-10)20(2)3/h4-9H,1-3H3,(H,17,19)(H,18,21). The Hall–Kier alpha value is -2.27. The third kappa shape index (κ3) is 3.64. The van der Waals surface area contributed by atoms with Gasteiger partial charge in [-0.05, 0) is 30.3 Å². The summed E-state index contributed by atoms with van der Waals surface area (Å²) < 4.78 is 0. The lowest BCUT2D eigenvalue weighted by Crippen LogP contribution is -2.16. The van der Waals surface area contributed by atoms with Crippen LogP contribution >= 0.6 is 11.6 Å². The summed E-state index contributed by atoms with van der Waals surface area (Å²) in [5.74, 6) is 0.250. The van der Waals surface area contributed by atoms with Crippen molar-refractivity contribution in [2.24, 2.45) is 0 Å². The van der Waals surface area contributed by atoms with Gasteiger partial charge < -0.3 is 15.5 Å². The first kappa shape index (κ1) is 15.1. The van der Waals surface area contributed by atoms with Gasteiger partial charge in [0.2, 0.25) is 0 Å². The molecule has 0 radical (unpaired) electrons. The third-order valence-electron chi connectivity index (χ3n) is 2.94. The van der Waals surface area contributed by atoms with Gasteiger partial charge in [0, 0.05) is 32.5 Å². The molecule has 5 nitrogen and oxygen atoms in total. The zero-order valence-corrected chi connectivity index (χ0v) is 12.9. The molecule has 0 bridgehead atoms. The summed E-state index contributed by atoms with van der Waals surface area (Å²) in [5.41, 5.74) is 1.88. The van der Waals surface area contributed by atoms with E-state index in [2.05, 4.69) is 15.6 Å². The number of benzene rings is 1. The maximum absolute atomic E-state index is 12.3. The number of amides is 1. The maximum atomic E-state index is 12.3. The van der Waals surface area contributed by atoms with Gasteiger partial charge in [-0.3, -0.25) is 4.79 Å². The van der Waals surface area contributed by atoms with E-state index in [1.165, 1.54) is 0 Å². The first-order valence-electron chi connectivity index (χ1n) is 6.44. The van der Waals surface area contributed by atoms with E-state index in [9.17, 15) is 4.79 Å². The second-order valence-electron chi connectivity index (χ2n) is 4.68. The van der Waals surface area contributed by atoms with Crippen LogP contribution in [0.25, 0.3) is 0 Å². The number of carbonyl (C=O) groups is 1. The Kier molecular flexibility index (Phi) is 4.65. The molecule has 0 spiro atoms. The van der Waals surface area contributed by atoms with Crippen molar-refractivity contribution >= 4 is 34.7 Å². The molecule has 0 saturated carbocycles. The van der Waals surface area contributed by atoms with Crippen LogP contribution in [0.1, 0.15) is 10.5 Å². The molecular weight excluding hydrogens is 288 g/mol. The first-order chi connectivity index (χ1) is 10.0. The SMILES string of the molecule is CNc1ccc(Cl)c(C(=O)Nc2cccc(N(C)C)c2)n1. The lowest BCUT2D eigenvalue weighted by molar-refractivity contribution is 0.102. The quantitative estimate of drug-likeness (QED) is 0.911. The average Bonchev–Trinajstić information content (AvgIpc) is 2.48. The van der Waals surface area contributed by atoms with Crippen LogP contribution in [0, 0.1) is 0 Å². The van der Waals surface area contributed by atoms with Crippen molar-refractivity contribution in [3.63, 3.8) is 0 Å². The van der Waals surface area contributed by atoms with Crippen LogP contribution in [0.3, 0.4) is 0 Å². The minimum atomic E-state index is -0.340. The Morgan fingerprint density at radius 3 is 2.67 bits per heavy atom. The fourth-order valence-corrected chi connectivity index (χ4v) is 1.98. The zero-order valence-electron chi connectivity index (χ0n) is 12.1. The Morgan fingerprint density at radius 2 is 2.00 bits per heavy atom. The molecular formula is C15H17ClN4O. The maximum Gasteiger partial charge on any atom is 0.275 e. The molecule has 0 aliphatic carbocycles. The molecule has 0 unspecified atom stereocenters. The molecule has 1 aromatic heterocycles. The van der Waals surface area contributed by atoms with Crippen molar-refractivity contribution in [3.8, 4) is 0 Å². The van der Waals surface area contributed by atoms with E-state index in [0.717, 1.165) is 5.69 Å². The van der Waals surface area contributed by atoms with Gasteiger partial charge >= 0.3 is 0 Å². The molecule has 1 heterocycles. The predicted octanol–water partition coefficient (Wildman–Crippen LogP) is 3.10. The topological polar surface area (TPSA) is 57.3 Å². The van der Waals surface area contributed by atoms with Gasteiger partial charge in [-0.25, -0.2) is 4.98 Å². The zero-order chi connectivity index (χ0) is 15.4. The van der Waals surface area contributed by atoms with Gasteiger partial charge in [-0.15, -0.1) is 0 Å². The molecule has 110 valence electrons. The minimum absolute atomic E-state index is 0.193. The largest absolute Gasteiger partial charge is 0.378 e. The summed E-state index contributed by atoms with van der Waals surface area (Å²) in [6, 6.07) is 10.9. The van der Waals surface area contributed by atoms with Gasteiger partial charge in [-0.2, -0.15) is 0 Å². The van der Waals surface area contributed by atoms with E-state index in [-0.39, 0.29) is 11.6 Å². The van der Waals surface area contributed by atoms with Crippen LogP contribution in [-0.4, -0.2) is 32.0 Å². The molecule has 0 aliphatic heterocycles. The number of rotatable bonds is 4. The van der Waals surface area contributed by atoms with E-state index in [1.807, 2.05) is 43.3 Å². The van der Waals surface area contributed by atoms with Crippen molar-refractivity contribution in [2.75, 3.05) is 36.7 Å². The van der Waals surface area contributed by atoms with Crippen LogP contribution in [0.15, 0.2) is 36.4 Å². The van der Waals surface area contributed by atoms with E-state index < -0.39 is 0 Å². The summed E-state index contributed by atoms with van der Waals surface area (Å²) in [6.07, 6.45) is 0. The number of nitrogens with zero attached hydrogens (tertiary/aromatic N) is 2. The highest BCUT2D eigenvalue weighted by Crippen LogP contribution is 2.20. The first-order valence-corrected chi connectivity index (χ1v) is 6.82. The van der Waals surface area contributed by atoms with Gasteiger partial charge in [0.1, 0.15) is 11.5 Å². The van der Waals surface area contributed by atoms with Gasteiger partial charge in [-0.1, -0.05) is 17.7 Å². The Labute approximate surface area is 128 Å². The number of anilines is 3. The highest BCUT2D eigenvalue weighted by atomic mass is 35.5. The number of hydrogen-bond donors (Lipinski definition) is 2. The van der Waals surface area contributed by atoms with Crippen molar-refractivity contribution in [1.82, 2.24) is 4.98 Å². The van der Waals surface area contributed by atoms with Crippen molar-refractivity contribution < 1.29 is 4.79 Å². The summed E-state index contributed by atoms with van der Waals surface area (Å²) in [6.45, 7) is 0. The van der Waals surface area contributed by atoms with Crippen molar-refractivity contribution in [3.05, 3.63) is 47.1 Å². The summed E-state index contributed by atoms with van der Waals surface area (Å²) in [7, 11) is 5.62. The lowest BCUT2D eigenvalue weighted by atomic mass is 10.2. The minimum Gasteiger partial charge on any atom is -0.378 e. The fraction of sp³-hybridized carbons (Fsp3) is 0.200. The van der Waals surface area contributed by atoms with Gasteiger partial charge in [0.15, 0.2) is 0 Å². The van der Waals surface area contributed by atoms with E-state index in [0.29, 0.717) is 16.5 Å². The molecule has 2 rings (SSSR count). The van der Waals surface area contributed by atoms with E-state index >= 15 is 0 Å². The van der Waals surface area contributed by atoms with Crippen molar-refractivity contribution in [1.29, 1.82) is 0 Å². The number of carbonyl (C=O) groups excluding carboxylic acids is 1. The Morgan fingerprint density at radius 1 is 1.24 bits per heavy atom. The third-order valence-corrected chi connectivity index (χ3v) is 3.24. The number of aromatic nitrogens is 1. The van der Waals surface area contributed by atoms with Crippen LogP contribution < -0.4 is 15.5 Å². The van der Waals surface area contributed by atoms with Gasteiger partial charge in [0.05, 0.1) is 5.02 Å². The number of hydrogen-bond acceptors (Lipinski definition) is 4. The number of halogens is 1. The highest BCUT2D eigenvalue weighted by molar-refractivity contribution is 6.34.